The molecule has 0 spiro atoms. The predicted molar refractivity (Wildman–Crippen MR) is 80.6 cm³/mol. The minimum absolute atomic E-state index is 0.244. The Hall–Kier alpha value is -2.61. The van der Waals surface area contributed by atoms with E-state index in [2.05, 4.69) is 4.98 Å². The molecule has 0 unspecified atom stereocenters. The molecule has 98 valence electrons. The van der Waals surface area contributed by atoms with E-state index in [9.17, 15) is 5.11 Å². The van der Waals surface area contributed by atoms with Crippen LogP contribution in [0, 0.1) is 0 Å². The van der Waals surface area contributed by atoms with Gasteiger partial charge < -0.3 is 5.11 Å². The average Bonchev–Trinajstić information content (AvgIpc) is 2.51. The summed E-state index contributed by atoms with van der Waals surface area (Å²) in [5.41, 5.74) is 3.79. The Kier molecular flexibility index (Phi) is 3.46. The summed E-state index contributed by atoms with van der Waals surface area (Å²) in [6, 6.07) is 23.6. The van der Waals surface area contributed by atoms with E-state index in [0.717, 1.165) is 16.8 Å². The van der Waals surface area contributed by atoms with Crippen LogP contribution < -0.4 is 0 Å². The minimum atomic E-state index is 0.244. The molecule has 0 bridgehead atoms. The fourth-order valence-electron chi connectivity index (χ4n) is 2.18. The van der Waals surface area contributed by atoms with E-state index < -0.39 is 0 Å². The second-order valence-corrected chi connectivity index (χ2v) is 4.69. The molecule has 1 heterocycles. The van der Waals surface area contributed by atoms with Crippen LogP contribution >= 0.6 is 0 Å². The zero-order valence-electron chi connectivity index (χ0n) is 11.0. The van der Waals surface area contributed by atoms with Crippen molar-refractivity contribution in [3.63, 3.8) is 0 Å². The lowest BCUT2D eigenvalue weighted by atomic mass is 10.1. The van der Waals surface area contributed by atoms with Crippen LogP contribution in [0.2, 0.25) is 0 Å². The fraction of sp³-hybridized carbons (Fsp3) is 0.0556. The van der Waals surface area contributed by atoms with Gasteiger partial charge >= 0.3 is 0 Å². The molecule has 0 aliphatic rings. The third-order valence-electron chi connectivity index (χ3n) is 3.23. The molecule has 3 rings (SSSR count). The number of hydrogen-bond donors (Lipinski definition) is 1. The maximum Gasteiger partial charge on any atom is 0.137 e. The van der Waals surface area contributed by atoms with Crippen LogP contribution in [-0.4, -0.2) is 10.1 Å². The maximum absolute atomic E-state index is 9.98. The Morgan fingerprint density at radius 2 is 1.40 bits per heavy atom. The van der Waals surface area contributed by atoms with Gasteiger partial charge in [0, 0.05) is 12.0 Å². The van der Waals surface area contributed by atoms with Crippen LogP contribution in [0.25, 0.3) is 11.3 Å². The fourth-order valence-corrected chi connectivity index (χ4v) is 2.18. The Bertz CT molecular complexity index is 693. The summed E-state index contributed by atoms with van der Waals surface area (Å²) in [7, 11) is 0. The van der Waals surface area contributed by atoms with Crippen molar-refractivity contribution in [2.24, 2.45) is 0 Å². The Morgan fingerprint density at radius 1 is 0.750 bits per heavy atom. The number of rotatable bonds is 3. The van der Waals surface area contributed by atoms with E-state index in [1.54, 1.807) is 6.07 Å². The molecule has 1 N–H and O–H groups in total. The Balaban J connectivity index is 1.95. The molecule has 0 atom stereocenters. The van der Waals surface area contributed by atoms with Gasteiger partial charge in [-0.2, -0.15) is 0 Å². The molecule has 2 nitrogen and oxygen atoms in total. The van der Waals surface area contributed by atoms with Crippen molar-refractivity contribution < 1.29 is 5.11 Å². The van der Waals surface area contributed by atoms with E-state index in [4.69, 9.17) is 0 Å². The third-order valence-corrected chi connectivity index (χ3v) is 3.23. The van der Waals surface area contributed by atoms with Gasteiger partial charge in [-0.15, -0.1) is 0 Å². The van der Waals surface area contributed by atoms with Crippen molar-refractivity contribution in [1.82, 2.24) is 4.98 Å². The van der Waals surface area contributed by atoms with Gasteiger partial charge in [0.15, 0.2) is 0 Å². The molecule has 0 radical (unpaired) electrons. The monoisotopic (exact) mass is 261 g/mol. The van der Waals surface area contributed by atoms with Gasteiger partial charge in [0.2, 0.25) is 0 Å². The van der Waals surface area contributed by atoms with Gasteiger partial charge in [-0.3, -0.25) is 0 Å². The summed E-state index contributed by atoms with van der Waals surface area (Å²) < 4.78 is 0. The first-order valence-electron chi connectivity index (χ1n) is 6.61. The number of nitrogens with zero attached hydrogens (tertiary/aromatic N) is 1. The molecular weight excluding hydrogens is 246 g/mol. The lowest BCUT2D eigenvalue weighted by Gasteiger charge is -2.07. The molecule has 20 heavy (non-hydrogen) atoms. The van der Waals surface area contributed by atoms with Crippen molar-refractivity contribution >= 4 is 0 Å². The second kappa shape index (κ2) is 5.57. The van der Waals surface area contributed by atoms with Crippen molar-refractivity contribution in [2.75, 3.05) is 0 Å². The van der Waals surface area contributed by atoms with E-state index in [1.165, 1.54) is 0 Å². The molecule has 0 saturated carbocycles. The smallest absolute Gasteiger partial charge is 0.137 e. The third kappa shape index (κ3) is 2.69. The molecule has 2 aromatic carbocycles. The summed E-state index contributed by atoms with van der Waals surface area (Å²) in [6.45, 7) is 0. The minimum Gasteiger partial charge on any atom is -0.506 e. The topological polar surface area (TPSA) is 33.1 Å². The normalized spacial score (nSPS) is 10.4. The van der Waals surface area contributed by atoms with Crippen LogP contribution in [0.15, 0.2) is 72.8 Å². The first-order chi connectivity index (χ1) is 9.83. The van der Waals surface area contributed by atoms with Crippen molar-refractivity contribution in [3.8, 4) is 17.0 Å². The summed E-state index contributed by atoms with van der Waals surface area (Å²) in [6.07, 6.45) is 0.632. The molecule has 0 aliphatic heterocycles. The number of benzene rings is 2. The standard InChI is InChI=1S/C18H15NO/c20-18-12-11-16(15-9-5-2-6-10-15)19-17(18)13-14-7-3-1-4-8-14/h1-12,20H,13H2. The number of pyridine rings is 1. The van der Waals surface area contributed by atoms with Gasteiger partial charge in [-0.1, -0.05) is 60.7 Å². The van der Waals surface area contributed by atoms with Crippen LogP contribution in [-0.2, 0) is 6.42 Å². The summed E-state index contributed by atoms with van der Waals surface area (Å²) in [5, 5.41) is 9.98. The molecule has 1 aromatic heterocycles. The molecular formula is C18H15NO. The van der Waals surface area contributed by atoms with Crippen LogP contribution in [0.3, 0.4) is 0 Å². The number of aromatic nitrogens is 1. The maximum atomic E-state index is 9.98. The van der Waals surface area contributed by atoms with Crippen molar-refractivity contribution in [1.29, 1.82) is 0 Å². The van der Waals surface area contributed by atoms with Crippen molar-refractivity contribution in [3.05, 3.63) is 84.1 Å². The highest BCUT2D eigenvalue weighted by molar-refractivity contribution is 5.60. The zero-order valence-corrected chi connectivity index (χ0v) is 11.0. The van der Waals surface area contributed by atoms with E-state index >= 15 is 0 Å². The van der Waals surface area contributed by atoms with E-state index in [0.29, 0.717) is 12.1 Å². The summed E-state index contributed by atoms with van der Waals surface area (Å²) in [4.78, 5) is 4.59. The molecule has 0 aliphatic carbocycles. The van der Waals surface area contributed by atoms with Crippen molar-refractivity contribution in [2.45, 2.75) is 6.42 Å². The first kappa shape index (κ1) is 12.4. The van der Waals surface area contributed by atoms with Crippen LogP contribution in [0.1, 0.15) is 11.3 Å². The van der Waals surface area contributed by atoms with Crippen LogP contribution in [0.5, 0.6) is 5.75 Å². The second-order valence-electron chi connectivity index (χ2n) is 4.69. The average molecular weight is 261 g/mol. The van der Waals surface area contributed by atoms with Gasteiger partial charge in [0.25, 0.3) is 0 Å². The molecule has 2 heteroatoms. The highest BCUT2D eigenvalue weighted by Gasteiger charge is 2.07. The SMILES string of the molecule is Oc1ccc(-c2ccccc2)nc1Cc1ccccc1. The highest BCUT2D eigenvalue weighted by Crippen LogP contribution is 2.24. The number of aromatic hydroxyl groups is 1. The molecule has 0 saturated heterocycles. The van der Waals surface area contributed by atoms with Gasteiger partial charge in [0.1, 0.15) is 5.75 Å². The van der Waals surface area contributed by atoms with E-state index in [1.807, 2.05) is 66.7 Å². The van der Waals surface area contributed by atoms with Gasteiger partial charge in [0.05, 0.1) is 11.4 Å². The lowest BCUT2D eigenvalue weighted by Crippen LogP contribution is -1.95. The van der Waals surface area contributed by atoms with Gasteiger partial charge in [-0.25, -0.2) is 4.98 Å². The van der Waals surface area contributed by atoms with Gasteiger partial charge in [-0.05, 0) is 17.7 Å². The zero-order chi connectivity index (χ0) is 13.8. The lowest BCUT2D eigenvalue weighted by molar-refractivity contribution is 0.466. The Labute approximate surface area is 118 Å². The predicted octanol–water partition coefficient (Wildman–Crippen LogP) is 4.05. The number of hydrogen-bond acceptors (Lipinski definition) is 2. The summed E-state index contributed by atoms with van der Waals surface area (Å²) in [5.74, 6) is 0.244. The molecule has 3 aromatic rings. The highest BCUT2D eigenvalue weighted by atomic mass is 16.3. The van der Waals surface area contributed by atoms with E-state index in [-0.39, 0.29) is 5.75 Å². The molecule has 0 fully saturated rings. The van der Waals surface area contributed by atoms with Crippen LogP contribution in [0.4, 0.5) is 0 Å². The largest absolute Gasteiger partial charge is 0.506 e. The molecule has 0 amide bonds. The summed E-state index contributed by atoms with van der Waals surface area (Å²) >= 11 is 0. The quantitative estimate of drug-likeness (QED) is 0.771. The first-order valence-corrected chi connectivity index (χ1v) is 6.61. The Morgan fingerprint density at radius 3 is 2.10 bits per heavy atom.